The second kappa shape index (κ2) is 9.27. The van der Waals surface area contributed by atoms with E-state index in [4.69, 9.17) is 0 Å². The fraction of sp³-hybridized carbons (Fsp3) is 0.222. The summed E-state index contributed by atoms with van der Waals surface area (Å²) in [7, 11) is 0. The van der Waals surface area contributed by atoms with Crippen LogP contribution in [0.1, 0.15) is 33.3 Å². The van der Waals surface area contributed by atoms with Crippen molar-refractivity contribution in [3.8, 4) is 0 Å². The molecule has 4 aromatic rings. The van der Waals surface area contributed by atoms with E-state index in [2.05, 4.69) is 52.7 Å². The van der Waals surface area contributed by atoms with Gasteiger partial charge in [-0.1, -0.05) is 42.5 Å². The average Bonchev–Trinajstić information content (AvgIpc) is 3.28. The molecule has 7 heteroatoms. The zero-order valence-electron chi connectivity index (χ0n) is 19.2. The first-order chi connectivity index (χ1) is 16.5. The summed E-state index contributed by atoms with van der Waals surface area (Å²) < 4.78 is 5.29. The van der Waals surface area contributed by atoms with Crippen molar-refractivity contribution in [3.05, 3.63) is 89.6 Å². The standard InChI is InChI=1S/C27H26N4O2S/c1-18-8-7-9-20(16-18)31-15-14-30(17-19(31)2)27(33)21-10-3-5-12-23(21)28-26(32)25-22-11-4-6-13-24(22)34-29-25/h3-13,16,19H,14-15,17H2,1-2H3,(H,28,32)/t19-/m1/s1. The Bertz CT molecular complexity index is 1370. The molecule has 0 spiro atoms. The minimum Gasteiger partial charge on any atom is -0.365 e. The van der Waals surface area contributed by atoms with Crippen molar-refractivity contribution in [2.45, 2.75) is 19.9 Å². The Kier molecular flexibility index (Phi) is 6.02. The van der Waals surface area contributed by atoms with Crippen molar-refractivity contribution in [1.29, 1.82) is 0 Å². The SMILES string of the molecule is Cc1cccc(N2CCN(C(=O)c3ccccc3NC(=O)c3nsc4ccccc34)C[C@H]2C)c1. The van der Waals surface area contributed by atoms with E-state index in [0.29, 0.717) is 30.0 Å². The Labute approximate surface area is 203 Å². The highest BCUT2D eigenvalue weighted by Gasteiger charge is 2.29. The van der Waals surface area contributed by atoms with Gasteiger partial charge in [0.2, 0.25) is 0 Å². The van der Waals surface area contributed by atoms with Crippen molar-refractivity contribution >= 4 is 44.8 Å². The average molecular weight is 471 g/mol. The lowest BCUT2D eigenvalue weighted by Crippen LogP contribution is -2.53. The highest BCUT2D eigenvalue weighted by Crippen LogP contribution is 2.26. The molecule has 2 amide bonds. The Hall–Kier alpha value is -3.71. The first kappa shape index (κ1) is 22.1. The summed E-state index contributed by atoms with van der Waals surface area (Å²) in [4.78, 5) is 30.7. The maximum absolute atomic E-state index is 13.5. The van der Waals surface area contributed by atoms with Gasteiger partial charge in [0.1, 0.15) is 5.69 Å². The second-order valence-corrected chi connectivity index (χ2v) is 9.46. The number of carbonyl (C=O) groups is 2. The quantitative estimate of drug-likeness (QED) is 0.445. The lowest BCUT2D eigenvalue weighted by Gasteiger charge is -2.41. The van der Waals surface area contributed by atoms with Gasteiger partial charge in [-0.2, -0.15) is 4.37 Å². The third-order valence-electron chi connectivity index (χ3n) is 6.25. The first-order valence-corrected chi connectivity index (χ1v) is 12.2. The molecule has 172 valence electrons. The number of rotatable bonds is 4. The zero-order valence-corrected chi connectivity index (χ0v) is 20.0. The molecule has 34 heavy (non-hydrogen) atoms. The van der Waals surface area contributed by atoms with E-state index in [9.17, 15) is 9.59 Å². The Morgan fingerprint density at radius 2 is 1.79 bits per heavy atom. The molecule has 3 aromatic carbocycles. The van der Waals surface area contributed by atoms with E-state index in [-0.39, 0.29) is 17.9 Å². The minimum absolute atomic E-state index is 0.0743. The predicted molar refractivity (Wildman–Crippen MR) is 138 cm³/mol. The molecule has 1 aliphatic rings. The van der Waals surface area contributed by atoms with Gasteiger partial charge in [0.05, 0.1) is 16.0 Å². The van der Waals surface area contributed by atoms with Gasteiger partial charge in [-0.15, -0.1) is 0 Å². The molecule has 1 fully saturated rings. The molecule has 1 N–H and O–H groups in total. The minimum atomic E-state index is -0.310. The van der Waals surface area contributed by atoms with Gasteiger partial charge in [0, 0.05) is 36.7 Å². The van der Waals surface area contributed by atoms with E-state index < -0.39 is 0 Å². The van der Waals surface area contributed by atoms with Crippen LogP contribution in [-0.2, 0) is 0 Å². The molecule has 1 aliphatic heterocycles. The van der Waals surface area contributed by atoms with Gasteiger partial charge in [-0.25, -0.2) is 0 Å². The van der Waals surface area contributed by atoms with Crippen LogP contribution in [0.15, 0.2) is 72.8 Å². The van der Waals surface area contributed by atoms with E-state index >= 15 is 0 Å². The van der Waals surface area contributed by atoms with Gasteiger partial charge in [0.15, 0.2) is 0 Å². The van der Waals surface area contributed by atoms with E-state index in [1.807, 2.05) is 41.3 Å². The number of aryl methyl sites for hydroxylation is 1. The maximum Gasteiger partial charge on any atom is 0.276 e. The van der Waals surface area contributed by atoms with Crippen LogP contribution in [-0.4, -0.2) is 46.8 Å². The van der Waals surface area contributed by atoms with Crippen molar-refractivity contribution in [2.24, 2.45) is 0 Å². The monoisotopic (exact) mass is 470 g/mol. The number of anilines is 2. The fourth-order valence-corrected chi connectivity index (χ4v) is 5.29. The molecule has 2 heterocycles. The number of carbonyl (C=O) groups excluding carboxylic acids is 2. The normalized spacial score (nSPS) is 16.0. The molecular formula is C27H26N4O2S. The maximum atomic E-state index is 13.5. The molecule has 0 aliphatic carbocycles. The van der Waals surface area contributed by atoms with Crippen molar-refractivity contribution < 1.29 is 9.59 Å². The number of fused-ring (bicyclic) bond motifs is 1. The highest BCUT2D eigenvalue weighted by molar-refractivity contribution is 7.13. The van der Waals surface area contributed by atoms with E-state index in [1.54, 1.807) is 12.1 Å². The second-order valence-electron chi connectivity index (χ2n) is 8.66. The van der Waals surface area contributed by atoms with Crippen LogP contribution in [0.4, 0.5) is 11.4 Å². The van der Waals surface area contributed by atoms with Crippen LogP contribution in [0.2, 0.25) is 0 Å². The summed E-state index contributed by atoms with van der Waals surface area (Å²) in [6.45, 7) is 6.23. The third-order valence-corrected chi connectivity index (χ3v) is 7.07. The first-order valence-electron chi connectivity index (χ1n) is 11.4. The van der Waals surface area contributed by atoms with Gasteiger partial charge in [0.25, 0.3) is 11.8 Å². The van der Waals surface area contributed by atoms with Gasteiger partial charge in [-0.3, -0.25) is 9.59 Å². The van der Waals surface area contributed by atoms with Crippen molar-refractivity contribution in [2.75, 3.05) is 29.9 Å². The van der Waals surface area contributed by atoms with Crippen LogP contribution in [0.3, 0.4) is 0 Å². The summed E-state index contributed by atoms with van der Waals surface area (Å²) in [5.74, 6) is -0.384. The summed E-state index contributed by atoms with van der Waals surface area (Å²) in [6, 6.07) is 23.5. The van der Waals surface area contributed by atoms with Crippen LogP contribution in [0.25, 0.3) is 10.1 Å². The number of hydrogen-bond donors (Lipinski definition) is 1. The number of nitrogens with one attached hydrogen (secondary N) is 1. The summed E-state index contributed by atoms with van der Waals surface area (Å²) in [5, 5.41) is 3.74. The molecule has 1 aromatic heterocycles. The third kappa shape index (κ3) is 4.26. The Balaban J connectivity index is 1.33. The number of benzene rings is 3. The van der Waals surface area contributed by atoms with E-state index in [1.165, 1.54) is 22.8 Å². The molecule has 6 nitrogen and oxygen atoms in total. The predicted octanol–water partition coefficient (Wildman–Crippen LogP) is 5.21. The largest absolute Gasteiger partial charge is 0.365 e. The number of hydrogen-bond acceptors (Lipinski definition) is 5. The zero-order chi connectivity index (χ0) is 23.7. The summed E-state index contributed by atoms with van der Waals surface area (Å²) in [5.41, 5.74) is 3.78. The number of piperazine rings is 1. The van der Waals surface area contributed by atoms with Gasteiger partial charge < -0.3 is 15.1 Å². The highest BCUT2D eigenvalue weighted by atomic mass is 32.1. The van der Waals surface area contributed by atoms with Crippen LogP contribution >= 0.6 is 11.5 Å². The topological polar surface area (TPSA) is 65.5 Å². The number of para-hydroxylation sites is 1. The molecule has 1 saturated heterocycles. The molecule has 0 radical (unpaired) electrons. The molecular weight excluding hydrogens is 444 g/mol. The Morgan fingerprint density at radius 1 is 1.00 bits per heavy atom. The molecule has 1 atom stereocenters. The smallest absolute Gasteiger partial charge is 0.276 e. The molecule has 0 saturated carbocycles. The van der Waals surface area contributed by atoms with Crippen molar-refractivity contribution in [3.63, 3.8) is 0 Å². The van der Waals surface area contributed by atoms with Crippen LogP contribution < -0.4 is 10.2 Å². The molecule has 0 bridgehead atoms. The number of amides is 2. The summed E-state index contributed by atoms with van der Waals surface area (Å²) in [6.07, 6.45) is 0. The van der Waals surface area contributed by atoms with E-state index in [0.717, 1.165) is 16.6 Å². The van der Waals surface area contributed by atoms with Gasteiger partial charge in [-0.05, 0) is 61.3 Å². The fourth-order valence-electron chi connectivity index (χ4n) is 4.51. The van der Waals surface area contributed by atoms with Crippen molar-refractivity contribution in [1.82, 2.24) is 9.27 Å². The van der Waals surface area contributed by atoms with Gasteiger partial charge >= 0.3 is 0 Å². The molecule has 0 unspecified atom stereocenters. The lowest BCUT2D eigenvalue weighted by molar-refractivity contribution is 0.0727. The Morgan fingerprint density at radius 3 is 2.62 bits per heavy atom. The van der Waals surface area contributed by atoms with Crippen LogP contribution in [0.5, 0.6) is 0 Å². The molecule has 5 rings (SSSR count). The summed E-state index contributed by atoms with van der Waals surface area (Å²) >= 11 is 1.29. The number of nitrogens with zero attached hydrogens (tertiary/aromatic N) is 3. The van der Waals surface area contributed by atoms with Crippen LogP contribution in [0, 0.1) is 6.92 Å². The number of aromatic nitrogens is 1. The lowest BCUT2D eigenvalue weighted by atomic mass is 10.1.